The first kappa shape index (κ1) is 45.6. The second-order valence-corrected chi connectivity index (χ2v) is 20.3. The molecule has 4 fully saturated rings. The van der Waals surface area contributed by atoms with Gasteiger partial charge in [0.1, 0.15) is 0 Å². The number of unbranched alkanes of at least 4 members (excludes halogenated alkanes) is 6. The molecule has 334 valence electrons. The monoisotopic (exact) mass is 905 g/mol. The van der Waals surface area contributed by atoms with Crippen molar-refractivity contribution in [2.24, 2.45) is 4.99 Å². The van der Waals surface area contributed by atoms with Crippen LogP contribution in [0, 0.1) is 0 Å². The molecule has 7 rings (SSSR count). The third-order valence-electron chi connectivity index (χ3n) is 11.9. The van der Waals surface area contributed by atoms with Crippen molar-refractivity contribution >= 4 is 86.5 Å². The van der Waals surface area contributed by atoms with Crippen molar-refractivity contribution < 1.29 is 28.8 Å². The molecule has 0 spiro atoms. The Kier molecular flexibility index (Phi) is 16.8. The number of aromatic nitrogens is 1. The van der Waals surface area contributed by atoms with Crippen LogP contribution in [0.3, 0.4) is 0 Å². The van der Waals surface area contributed by atoms with Crippen LogP contribution >= 0.6 is 34.9 Å². The average molecular weight is 906 g/mol. The smallest absolute Gasteiger partial charge is 0.315 e. The lowest BCUT2D eigenvalue weighted by atomic mass is 10.0. The predicted octanol–water partition coefficient (Wildman–Crippen LogP) is 5.57. The molecular formula is C44H59N9O6S3. The summed E-state index contributed by atoms with van der Waals surface area (Å²) in [6.45, 7) is 1.20. The maximum Gasteiger partial charge on any atom is 0.315 e. The quantitative estimate of drug-likeness (QED) is 0.0360. The Balaban J connectivity index is 0.733. The molecule has 0 bridgehead atoms. The van der Waals surface area contributed by atoms with Gasteiger partial charge in [0, 0.05) is 66.5 Å². The molecule has 6 atom stereocenters. The molecule has 4 saturated heterocycles. The van der Waals surface area contributed by atoms with Crippen molar-refractivity contribution in [3.63, 3.8) is 0 Å². The Morgan fingerprint density at radius 2 is 1.23 bits per heavy atom. The molecule has 0 aromatic heterocycles. The van der Waals surface area contributed by atoms with E-state index in [-0.39, 0.29) is 59.9 Å². The van der Waals surface area contributed by atoms with E-state index in [0.717, 1.165) is 103 Å². The molecule has 0 saturated carbocycles. The van der Waals surface area contributed by atoms with Crippen LogP contribution in [0.1, 0.15) is 103 Å². The number of thioether (sulfide) groups is 2. The van der Waals surface area contributed by atoms with Crippen LogP contribution in [0.5, 0.6) is 0 Å². The molecule has 5 heterocycles. The molecule has 1 aromatic rings. The highest BCUT2D eigenvalue weighted by molar-refractivity contribution is 8.00. The fraction of sp³-hybridized carbons (Fsp3) is 0.591. The molecule has 15 nitrogen and oxygen atoms in total. The van der Waals surface area contributed by atoms with Gasteiger partial charge in [0.25, 0.3) is 0 Å². The van der Waals surface area contributed by atoms with Crippen LogP contribution in [0.2, 0.25) is 0 Å². The van der Waals surface area contributed by atoms with Crippen LogP contribution in [-0.2, 0) is 19.2 Å². The van der Waals surface area contributed by atoms with Gasteiger partial charge in [-0.25, -0.2) is 19.6 Å². The Morgan fingerprint density at radius 3 is 1.85 bits per heavy atom. The van der Waals surface area contributed by atoms with Gasteiger partial charge in [-0.1, -0.05) is 25.7 Å². The summed E-state index contributed by atoms with van der Waals surface area (Å²) >= 11 is 5.33. The molecular weight excluding hydrogens is 847 g/mol. The van der Waals surface area contributed by atoms with Gasteiger partial charge in [-0.15, -0.1) is 11.3 Å². The minimum Gasteiger partial charge on any atom is -0.356 e. The van der Waals surface area contributed by atoms with Gasteiger partial charge in [0.2, 0.25) is 23.6 Å². The van der Waals surface area contributed by atoms with Gasteiger partial charge in [-0.2, -0.15) is 23.5 Å². The van der Waals surface area contributed by atoms with Crippen molar-refractivity contribution in [3.05, 3.63) is 41.8 Å². The number of fused-ring (bicyclic) bond motifs is 4. The minimum absolute atomic E-state index is 0.0585. The fourth-order valence-corrected chi connectivity index (χ4v) is 12.7. The van der Waals surface area contributed by atoms with E-state index in [0.29, 0.717) is 66.7 Å². The van der Waals surface area contributed by atoms with E-state index < -0.39 is 0 Å². The van der Waals surface area contributed by atoms with Crippen LogP contribution in [0.4, 0.5) is 15.3 Å². The number of carbonyl (C=O) groups is 6. The zero-order valence-electron chi connectivity index (χ0n) is 35.1. The molecule has 0 radical (unpaired) electrons. The summed E-state index contributed by atoms with van der Waals surface area (Å²) in [5.41, 5.74) is 2.32. The van der Waals surface area contributed by atoms with Crippen molar-refractivity contribution in [1.29, 1.82) is 0 Å². The number of urea groups is 2. The Bertz CT molecular complexity index is 2120. The number of amides is 8. The van der Waals surface area contributed by atoms with Crippen molar-refractivity contribution in [1.82, 2.24) is 36.9 Å². The van der Waals surface area contributed by atoms with Crippen LogP contribution in [0.15, 0.2) is 41.4 Å². The van der Waals surface area contributed by atoms with Gasteiger partial charge in [-0.05, 0) is 87.8 Å². The zero-order chi connectivity index (χ0) is 43.3. The molecule has 1 aromatic carbocycles. The summed E-state index contributed by atoms with van der Waals surface area (Å²) in [7, 11) is 0. The Labute approximate surface area is 375 Å². The van der Waals surface area contributed by atoms with Crippen LogP contribution in [-0.4, -0.2) is 99.9 Å². The van der Waals surface area contributed by atoms with Crippen LogP contribution < -0.4 is 42.6 Å². The largest absolute Gasteiger partial charge is 0.356 e. The lowest BCUT2D eigenvalue weighted by Gasteiger charge is -2.16. The normalized spacial score (nSPS) is 22.7. The maximum absolute atomic E-state index is 12.7. The van der Waals surface area contributed by atoms with Gasteiger partial charge >= 0.3 is 12.1 Å². The van der Waals surface area contributed by atoms with E-state index >= 15 is 0 Å². The summed E-state index contributed by atoms with van der Waals surface area (Å²) < 4.78 is 0.909. The van der Waals surface area contributed by atoms with Crippen molar-refractivity contribution in [2.45, 2.75) is 137 Å². The van der Waals surface area contributed by atoms with Crippen molar-refractivity contribution in [3.8, 4) is 10.6 Å². The number of benzene rings is 2. The van der Waals surface area contributed by atoms with Gasteiger partial charge in [-0.3, -0.25) is 19.2 Å². The second-order valence-electron chi connectivity index (χ2n) is 16.7. The number of rotatable bonds is 23. The van der Waals surface area contributed by atoms with E-state index in [1.165, 1.54) is 11.3 Å². The SMILES string of the molecule is O=C(CCCCCNC(=O)CCCC[C@@H]1SC[C@@H]2NC(=O)N[C@@H]21)N=c1ccc2nc3ccc(NC(=O)CCCCCNC(=O)CCCC[C@@H]4SC[C@@H]5NC(=O)N[C@@H]54)cc3sc-2c1. The van der Waals surface area contributed by atoms with Gasteiger partial charge in [0.15, 0.2) is 0 Å². The summed E-state index contributed by atoms with van der Waals surface area (Å²) in [4.78, 5) is 83.1. The number of nitrogens with one attached hydrogen (secondary N) is 7. The second kappa shape index (κ2) is 22.8. The van der Waals surface area contributed by atoms with Gasteiger partial charge < -0.3 is 37.2 Å². The summed E-state index contributed by atoms with van der Waals surface area (Å²) in [6, 6.07) is 12.0. The highest BCUT2D eigenvalue weighted by atomic mass is 32.2. The highest BCUT2D eigenvalue weighted by Gasteiger charge is 2.43. The highest BCUT2D eigenvalue weighted by Crippen LogP contribution is 2.35. The number of hydrogen-bond acceptors (Lipinski definition) is 10. The summed E-state index contributed by atoms with van der Waals surface area (Å²) in [6.07, 6.45) is 12.0. The molecule has 6 aliphatic rings. The maximum atomic E-state index is 12.7. The minimum atomic E-state index is -0.180. The molecule has 0 unspecified atom stereocenters. The van der Waals surface area contributed by atoms with E-state index in [1.54, 1.807) is 6.07 Å². The summed E-state index contributed by atoms with van der Waals surface area (Å²) in [5.74, 6) is 1.77. The van der Waals surface area contributed by atoms with E-state index in [9.17, 15) is 28.8 Å². The first-order valence-electron chi connectivity index (χ1n) is 22.3. The van der Waals surface area contributed by atoms with Crippen LogP contribution in [0.25, 0.3) is 20.8 Å². The number of hydrogen-bond donors (Lipinski definition) is 7. The topological polar surface area (TPSA) is 212 Å². The molecule has 5 aliphatic heterocycles. The molecule has 18 heteroatoms. The standard InChI is InChI=1S/C44H59N9O6S3/c54-37(13-7-5-11-33-41-31(25-60-33)50-43(58)52-41)45-21-9-1-3-15-39(56)47-27-17-19-29-35(23-27)62-36-24-28(18-20-30(36)49-29)48-40(57)16-4-2-10-22-46-38(55)14-8-6-12-34-42-32(26-61-34)51-44(59)53-42/h17-20,23-24,31-34,41-42H,1-16,21-22,25-26H2,(H,45,54)(H,46,55)(H,47,56)(H2,50,52,58)(H2,51,53,59)/t31-,32-,33-,34-,41-,42-/m0/s1. The molecule has 62 heavy (non-hydrogen) atoms. The molecule has 1 aliphatic carbocycles. The number of anilines is 1. The lowest BCUT2D eigenvalue weighted by molar-refractivity contribution is -0.122. The van der Waals surface area contributed by atoms with E-state index in [2.05, 4.69) is 42.2 Å². The fourth-order valence-electron chi connectivity index (χ4n) is 8.53. The first-order chi connectivity index (χ1) is 30.2. The van der Waals surface area contributed by atoms with Gasteiger partial charge in [0.05, 0.1) is 50.3 Å². The Morgan fingerprint density at radius 1 is 0.645 bits per heavy atom. The molecule has 8 amide bonds. The summed E-state index contributed by atoms with van der Waals surface area (Å²) in [5, 5.41) is 22.4. The van der Waals surface area contributed by atoms with E-state index in [4.69, 9.17) is 4.98 Å². The zero-order valence-corrected chi connectivity index (χ0v) is 37.6. The van der Waals surface area contributed by atoms with E-state index in [1.807, 2.05) is 53.9 Å². The first-order valence-corrected chi connectivity index (χ1v) is 25.2. The Hall–Kier alpha value is -4.42. The third kappa shape index (κ3) is 13.3. The lowest BCUT2D eigenvalue weighted by Crippen LogP contribution is -2.36. The predicted molar refractivity (Wildman–Crippen MR) is 246 cm³/mol. The average Bonchev–Trinajstić information content (AvgIpc) is 4.01. The number of nitrogens with zero attached hydrogens (tertiary/aromatic N) is 2. The third-order valence-corrected chi connectivity index (χ3v) is 16.0. The molecule has 7 N–H and O–H groups in total. The van der Waals surface area contributed by atoms with Crippen molar-refractivity contribution in [2.75, 3.05) is 29.9 Å². The number of carbonyl (C=O) groups excluding carboxylic acids is 6.